The summed E-state index contributed by atoms with van der Waals surface area (Å²) in [6, 6.07) is 0. The lowest BCUT2D eigenvalue weighted by Crippen LogP contribution is -2.30. The van der Waals surface area contributed by atoms with E-state index in [2.05, 4.69) is 20.1 Å². The molecular weight excluding hydrogens is 224 g/mol. The molecule has 102 valence electrons. The molecule has 18 heavy (non-hydrogen) atoms. The molecule has 0 heterocycles. The molecule has 0 aromatic carbocycles. The molecule has 2 nitrogen and oxygen atoms in total. The van der Waals surface area contributed by atoms with Crippen LogP contribution in [0, 0.1) is 29.6 Å². The minimum absolute atomic E-state index is 0.759. The van der Waals surface area contributed by atoms with Gasteiger partial charge in [-0.2, -0.15) is 0 Å². The molecule has 5 unspecified atom stereocenters. The van der Waals surface area contributed by atoms with Crippen molar-refractivity contribution in [3.8, 4) is 0 Å². The second-order valence-electron chi connectivity index (χ2n) is 5.72. The van der Waals surface area contributed by atoms with Gasteiger partial charge in [-0.1, -0.05) is 26.5 Å². The molecule has 2 fully saturated rings. The fraction of sp³-hybridized carbons (Fsp3) is 0.750. The van der Waals surface area contributed by atoms with Crippen LogP contribution >= 0.6 is 0 Å². The zero-order chi connectivity index (χ0) is 13.0. The second kappa shape index (κ2) is 6.31. The van der Waals surface area contributed by atoms with E-state index in [-0.39, 0.29) is 0 Å². The van der Waals surface area contributed by atoms with E-state index in [1.807, 2.05) is 0 Å². The quantitative estimate of drug-likeness (QED) is 0.479. The van der Waals surface area contributed by atoms with Crippen molar-refractivity contribution in [2.24, 2.45) is 29.6 Å². The average molecular weight is 250 g/mol. The molecule has 0 N–H and O–H groups in total. The van der Waals surface area contributed by atoms with Gasteiger partial charge >= 0.3 is 0 Å². The van der Waals surface area contributed by atoms with E-state index >= 15 is 0 Å². The zero-order valence-corrected chi connectivity index (χ0v) is 11.5. The van der Waals surface area contributed by atoms with E-state index in [9.17, 15) is 0 Å². The van der Waals surface area contributed by atoms with Crippen LogP contribution in [0.3, 0.4) is 0 Å². The lowest BCUT2D eigenvalue weighted by Gasteiger charge is -2.35. The lowest BCUT2D eigenvalue weighted by molar-refractivity contribution is 0.0796. The molecule has 2 rings (SSSR count). The summed E-state index contributed by atoms with van der Waals surface area (Å²) >= 11 is 0. The molecule has 0 radical (unpaired) electrons. The van der Waals surface area contributed by atoms with E-state index in [4.69, 9.17) is 9.47 Å². The van der Waals surface area contributed by atoms with Gasteiger partial charge < -0.3 is 9.47 Å². The number of ether oxygens (including phenoxy) is 2. The van der Waals surface area contributed by atoms with Crippen LogP contribution in [0.5, 0.6) is 0 Å². The maximum atomic E-state index is 5.42. The number of hydrogen-bond donors (Lipinski definition) is 0. The second-order valence-corrected chi connectivity index (χ2v) is 5.72. The van der Waals surface area contributed by atoms with Crippen LogP contribution in [0.1, 0.15) is 32.6 Å². The molecule has 5 atom stereocenters. The highest BCUT2D eigenvalue weighted by Crippen LogP contribution is 2.57. The number of hydrogen-bond acceptors (Lipinski definition) is 2. The molecule has 0 aromatic rings. The van der Waals surface area contributed by atoms with E-state index in [1.54, 1.807) is 12.5 Å². The first-order valence-electron chi connectivity index (χ1n) is 7.26. The van der Waals surface area contributed by atoms with E-state index in [1.165, 1.54) is 25.7 Å². The molecule has 2 saturated carbocycles. The van der Waals surface area contributed by atoms with Gasteiger partial charge in [-0.25, -0.2) is 0 Å². The average Bonchev–Trinajstić information content (AvgIpc) is 2.94. The Morgan fingerprint density at radius 1 is 1.11 bits per heavy atom. The summed E-state index contributed by atoms with van der Waals surface area (Å²) in [7, 11) is 0. The van der Waals surface area contributed by atoms with Gasteiger partial charge in [0.25, 0.3) is 0 Å². The van der Waals surface area contributed by atoms with Gasteiger partial charge in [-0.05, 0) is 48.9 Å². The van der Waals surface area contributed by atoms with Crippen molar-refractivity contribution in [3.63, 3.8) is 0 Å². The molecular formula is C16H26O2. The Balaban J connectivity index is 1.89. The van der Waals surface area contributed by atoms with Crippen LogP contribution in [0.4, 0.5) is 0 Å². The Morgan fingerprint density at radius 3 is 2.56 bits per heavy atom. The Bertz CT molecular complexity index is 285. The van der Waals surface area contributed by atoms with Gasteiger partial charge in [0.05, 0.1) is 25.7 Å². The molecule has 2 bridgehead atoms. The van der Waals surface area contributed by atoms with E-state index in [0.717, 1.165) is 42.8 Å². The first-order valence-corrected chi connectivity index (χ1v) is 7.26. The van der Waals surface area contributed by atoms with E-state index < -0.39 is 0 Å². The van der Waals surface area contributed by atoms with Crippen molar-refractivity contribution in [1.82, 2.24) is 0 Å². The molecule has 0 aliphatic heterocycles. The van der Waals surface area contributed by atoms with Crippen molar-refractivity contribution in [1.29, 1.82) is 0 Å². The highest BCUT2D eigenvalue weighted by atomic mass is 16.5. The minimum Gasteiger partial charge on any atom is -0.502 e. The zero-order valence-electron chi connectivity index (χ0n) is 11.5. The monoisotopic (exact) mass is 250 g/mol. The SMILES string of the molecule is C=COCCC1C2CC(COC=C)C(C2)C1CC. The predicted molar refractivity (Wildman–Crippen MR) is 73.9 cm³/mol. The third-order valence-electron chi connectivity index (χ3n) is 5.08. The summed E-state index contributed by atoms with van der Waals surface area (Å²) in [5.41, 5.74) is 0. The lowest BCUT2D eigenvalue weighted by atomic mass is 9.72. The smallest absolute Gasteiger partial charge is 0.0903 e. The maximum Gasteiger partial charge on any atom is 0.0903 e. The Hall–Kier alpha value is -0.920. The number of rotatable bonds is 8. The first-order chi connectivity index (χ1) is 8.81. The van der Waals surface area contributed by atoms with Gasteiger partial charge in [0, 0.05) is 0 Å². The van der Waals surface area contributed by atoms with Gasteiger partial charge in [0.1, 0.15) is 0 Å². The molecule has 2 aliphatic rings. The van der Waals surface area contributed by atoms with Crippen molar-refractivity contribution >= 4 is 0 Å². The molecule has 0 spiro atoms. The molecule has 0 saturated heterocycles. The predicted octanol–water partition coefficient (Wildman–Crippen LogP) is 4.00. The maximum absolute atomic E-state index is 5.42. The molecule has 2 aliphatic carbocycles. The number of fused-ring (bicyclic) bond motifs is 2. The van der Waals surface area contributed by atoms with Crippen LogP contribution < -0.4 is 0 Å². The van der Waals surface area contributed by atoms with Gasteiger partial charge in [0.2, 0.25) is 0 Å². The fourth-order valence-corrected chi connectivity index (χ4v) is 4.47. The van der Waals surface area contributed by atoms with Gasteiger partial charge in [0.15, 0.2) is 0 Å². The summed E-state index contributed by atoms with van der Waals surface area (Å²) in [5, 5.41) is 0. The highest BCUT2D eigenvalue weighted by molar-refractivity contribution is 5.00. The molecule has 2 heteroatoms. The summed E-state index contributed by atoms with van der Waals surface area (Å²) in [6.45, 7) is 11.3. The third kappa shape index (κ3) is 2.57. The highest BCUT2D eigenvalue weighted by Gasteiger charge is 2.51. The summed E-state index contributed by atoms with van der Waals surface area (Å²) < 4.78 is 10.7. The van der Waals surface area contributed by atoms with Crippen LogP contribution in [0.2, 0.25) is 0 Å². The van der Waals surface area contributed by atoms with Crippen molar-refractivity contribution in [3.05, 3.63) is 25.7 Å². The summed E-state index contributed by atoms with van der Waals surface area (Å²) in [6.07, 6.45) is 8.39. The first kappa shape index (κ1) is 13.5. The van der Waals surface area contributed by atoms with Crippen LogP contribution in [-0.2, 0) is 9.47 Å². The largest absolute Gasteiger partial charge is 0.502 e. The standard InChI is InChI=1S/C16H26O2/c1-4-14-15(7-8-17-5-2)12-9-13(11-18-6-3)16(14)10-12/h5-6,12-16H,2-4,7-11H2,1H3. The minimum atomic E-state index is 0.759. The fourth-order valence-electron chi connectivity index (χ4n) is 4.47. The normalized spacial score (nSPS) is 37.5. The van der Waals surface area contributed by atoms with Crippen molar-refractivity contribution in [2.75, 3.05) is 13.2 Å². The van der Waals surface area contributed by atoms with Crippen molar-refractivity contribution in [2.45, 2.75) is 32.6 Å². The Labute approximate surface area is 111 Å². The van der Waals surface area contributed by atoms with E-state index in [0.29, 0.717) is 0 Å². The topological polar surface area (TPSA) is 18.5 Å². The van der Waals surface area contributed by atoms with Gasteiger partial charge in [-0.3, -0.25) is 0 Å². The Morgan fingerprint density at radius 2 is 1.89 bits per heavy atom. The van der Waals surface area contributed by atoms with Gasteiger partial charge in [-0.15, -0.1) is 0 Å². The summed E-state index contributed by atoms with van der Waals surface area (Å²) in [4.78, 5) is 0. The van der Waals surface area contributed by atoms with Crippen LogP contribution in [-0.4, -0.2) is 13.2 Å². The van der Waals surface area contributed by atoms with Crippen molar-refractivity contribution < 1.29 is 9.47 Å². The third-order valence-corrected chi connectivity index (χ3v) is 5.08. The Kier molecular flexibility index (Phi) is 4.73. The molecule has 0 aromatic heterocycles. The summed E-state index contributed by atoms with van der Waals surface area (Å²) in [5.74, 6) is 4.26. The van der Waals surface area contributed by atoms with Crippen LogP contribution in [0.15, 0.2) is 25.7 Å². The molecule has 0 amide bonds. The van der Waals surface area contributed by atoms with Crippen LogP contribution in [0.25, 0.3) is 0 Å².